The van der Waals surface area contributed by atoms with Gasteiger partial charge in [0.1, 0.15) is 5.84 Å². The van der Waals surface area contributed by atoms with Crippen molar-refractivity contribution in [2.45, 2.75) is 25.8 Å². The van der Waals surface area contributed by atoms with Gasteiger partial charge in [-0.3, -0.25) is 4.99 Å². The number of nitrogens with two attached hydrogens (primary N) is 1. The fourth-order valence-electron chi connectivity index (χ4n) is 6.93. The number of nitrogens with zero attached hydrogens (tertiary/aromatic N) is 3. The highest BCUT2D eigenvalue weighted by atomic mass is 15.0. The molecule has 4 nitrogen and oxygen atoms in total. The molecule has 4 heteroatoms. The van der Waals surface area contributed by atoms with Crippen molar-refractivity contribution in [1.82, 2.24) is 4.57 Å². The molecular formula is C42H34N4. The molecule has 8 rings (SSSR count). The summed E-state index contributed by atoms with van der Waals surface area (Å²) >= 11 is 0. The van der Waals surface area contributed by atoms with Crippen molar-refractivity contribution in [1.29, 1.82) is 0 Å². The molecule has 222 valence electrons. The number of aliphatic imine (C=N–C) groups is 2. The molecule has 0 bridgehead atoms. The Balaban J connectivity index is 1.21. The number of para-hydroxylation sites is 1. The van der Waals surface area contributed by atoms with Crippen LogP contribution in [0.4, 0.5) is 0 Å². The van der Waals surface area contributed by atoms with Crippen LogP contribution < -0.4 is 5.73 Å². The fourth-order valence-corrected chi connectivity index (χ4v) is 6.93. The molecule has 2 N–H and O–H groups in total. The zero-order chi connectivity index (χ0) is 31.3. The molecule has 6 aromatic carbocycles. The first-order valence-corrected chi connectivity index (χ1v) is 15.8. The van der Waals surface area contributed by atoms with E-state index in [1.807, 2.05) is 48.5 Å². The molecule has 46 heavy (non-hydrogen) atoms. The molecule has 0 aliphatic heterocycles. The van der Waals surface area contributed by atoms with Gasteiger partial charge in [-0.2, -0.15) is 0 Å². The van der Waals surface area contributed by atoms with Gasteiger partial charge in [-0.15, -0.1) is 0 Å². The number of fused-ring (bicyclic) bond motifs is 6. The average molecular weight is 595 g/mol. The van der Waals surface area contributed by atoms with Gasteiger partial charge in [0.05, 0.1) is 17.6 Å². The normalized spacial score (nSPS) is 14.0. The summed E-state index contributed by atoms with van der Waals surface area (Å²) in [5.74, 6) is 1.05. The third kappa shape index (κ3) is 4.62. The van der Waals surface area contributed by atoms with E-state index < -0.39 is 0 Å². The molecule has 1 aliphatic rings. The van der Waals surface area contributed by atoms with Crippen LogP contribution in [-0.2, 0) is 12.0 Å². The molecular weight excluding hydrogens is 560 g/mol. The number of benzene rings is 6. The first kappa shape index (κ1) is 27.8. The lowest BCUT2D eigenvalue weighted by atomic mass is 9.82. The topological polar surface area (TPSA) is 55.7 Å². The molecule has 0 unspecified atom stereocenters. The van der Waals surface area contributed by atoms with Crippen molar-refractivity contribution < 1.29 is 0 Å². The zero-order valence-corrected chi connectivity index (χ0v) is 26.0. The summed E-state index contributed by atoms with van der Waals surface area (Å²) in [6, 6.07) is 50.9. The van der Waals surface area contributed by atoms with Crippen molar-refractivity contribution >= 4 is 33.5 Å². The summed E-state index contributed by atoms with van der Waals surface area (Å²) in [6.45, 7) is 5.20. The van der Waals surface area contributed by atoms with E-state index in [1.54, 1.807) is 0 Å². The van der Waals surface area contributed by atoms with E-state index >= 15 is 0 Å². The molecule has 0 radical (unpaired) electrons. The second-order valence-corrected chi connectivity index (χ2v) is 12.5. The maximum atomic E-state index is 6.65. The Kier molecular flexibility index (Phi) is 6.65. The van der Waals surface area contributed by atoms with Gasteiger partial charge in [-0.05, 0) is 70.3 Å². The van der Waals surface area contributed by atoms with E-state index in [-0.39, 0.29) is 5.41 Å². The van der Waals surface area contributed by atoms with Crippen molar-refractivity contribution in [3.05, 3.63) is 173 Å². The van der Waals surface area contributed by atoms with Gasteiger partial charge < -0.3 is 10.3 Å². The molecule has 7 aromatic rings. The van der Waals surface area contributed by atoms with Crippen LogP contribution in [0.15, 0.2) is 156 Å². The SMILES string of the molecule is CC1(C)c2ccccc2-c2cc3c(cc21)c1ccccc1n3-c1ccc(/C(N)=N/C(=N\Cc2ccccc2)c2ccccc2)cc1. The van der Waals surface area contributed by atoms with E-state index in [2.05, 4.69) is 115 Å². The van der Waals surface area contributed by atoms with Crippen molar-refractivity contribution in [2.24, 2.45) is 15.7 Å². The van der Waals surface area contributed by atoms with Crippen LogP contribution in [0.5, 0.6) is 0 Å². The molecule has 0 saturated heterocycles. The van der Waals surface area contributed by atoms with E-state index in [0.717, 1.165) is 22.4 Å². The Labute approximate surface area is 269 Å². The Hall–Kier alpha value is -5.74. The lowest BCUT2D eigenvalue weighted by Crippen LogP contribution is -2.16. The third-order valence-corrected chi connectivity index (χ3v) is 9.31. The second kappa shape index (κ2) is 11.0. The summed E-state index contributed by atoms with van der Waals surface area (Å²) in [5, 5.41) is 2.52. The maximum absolute atomic E-state index is 6.65. The van der Waals surface area contributed by atoms with E-state index in [9.17, 15) is 0 Å². The summed E-state index contributed by atoms with van der Waals surface area (Å²) in [6.07, 6.45) is 0. The van der Waals surface area contributed by atoms with Gasteiger partial charge >= 0.3 is 0 Å². The Morgan fingerprint density at radius 1 is 0.609 bits per heavy atom. The fraction of sp³-hybridized carbons (Fsp3) is 0.0952. The molecule has 0 saturated carbocycles. The summed E-state index contributed by atoms with van der Waals surface area (Å²) in [4.78, 5) is 9.69. The lowest BCUT2D eigenvalue weighted by molar-refractivity contribution is 0.661. The minimum absolute atomic E-state index is 0.0508. The molecule has 1 aliphatic carbocycles. The highest BCUT2D eigenvalue weighted by Crippen LogP contribution is 2.50. The van der Waals surface area contributed by atoms with E-state index in [1.165, 1.54) is 44.1 Å². The highest BCUT2D eigenvalue weighted by Gasteiger charge is 2.36. The van der Waals surface area contributed by atoms with Crippen LogP contribution in [-0.4, -0.2) is 16.2 Å². The van der Waals surface area contributed by atoms with Crippen LogP contribution >= 0.6 is 0 Å². The maximum Gasteiger partial charge on any atom is 0.157 e. The number of amidine groups is 2. The summed E-state index contributed by atoms with van der Waals surface area (Å²) in [5.41, 5.74) is 18.4. The van der Waals surface area contributed by atoms with E-state index in [0.29, 0.717) is 18.2 Å². The van der Waals surface area contributed by atoms with Gasteiger partial charge in [0.25, 0.3) is 0 Å². The standard InChI is InChI=1S/C42H34N4/c1-42(2)36-19-11-9-17-32(36)34-26-39-35(25-37(34)42)33-18-10-12-20-38(33)46(39)31-23-21-29(22-24-31)40(43)45-41(30-15-7-4-8-16-30)44-27-28-13-5-3-6-14-28/h3-26H,27H2,1-2H3,(H2,43,44,45). The van der Waals surface area contributed by atoms with Crippen molar-refractivity contribution in [3.63, 3.8) is 0 Å². The first-order chi connectivity index (χ1) is 22.5. The quantitative estimate of drug-likeness (QED) is 0.157. The van der Waals surface area contributed by atoms with Crippen LogP contribution in [0.3, 0.4) is 0 Å². The smallest absolute Gasteiger partial charge is 0.157 e. The molecule has 1 aromatic heterocycles. The minimum atomic E-state index is -0.0508. The van der Waals surface area contributed by atoms with Crippen LogP contribution in [0, 0.1) is 0 Å². The second-order valence-electron chi connectivity index (χ2n) is 12.5. The van der Waals surface area contributed by atoms with Crippen LogP contribution in [0.2, 0.25) is 0 Å². The van der Waals surface area contributed by atoms with E-state index in [4.69, 9.17) is 15.7 Å². The summed E-state index contributed by atoms with van der Waals surface area (Å²) < 4.78 is 2.37. The molecule has 0 spiro atoms. The Morgan fingerprint density at radius 2 is 1.28 bits per heavy atom. The third-order valence-electron chi connectivity index (χ3n) is 9.31. The predicted molar refractivity (Wildman–Crippen MR) is 192 cm³/mol. The van der Waals surface area contributed by atoms with Gasteiger partial charge in [0, 0.05) is 33.0 Å². The average Bonchev–Trinajstić information content (AvgIpc) is 3.54. The number of aromatic nitrogens is 1. The molecule has 0 fully saturated rings. The largest absolute Gasteiger partial charge is 0.383 e. The minimum Gasteiger partial charge on any atom is -0.383 e. The number of hydrogen-bond acceptors (Lipinski definition) is 1. The Morgan fingerprint density at radius 3 is 2.07 bits per heavy atom. The summed E-state index contributed by atoms with van der Waals surface area (Å²) in [7, 11) is 0. The number of rotatable bonds is 5. The predicted octanol–water partition coefficient (Wildman–Crippen LogP) is 9.44. The van der Waals surface area contributed by atoms with Gasteiger partial charge in [0.2, 0.25) is 0 Å². The Bertz CT molecular complexity index is 2290. The lowest BCUT2D eigenvalue weighted by Gasteiger charge is -2.21. The van der Waals surface area contributed by atoms with Gasteiger partial charge in [-0.25, -0.2) is 4.99 Å². The molecule has 0 amide bonds. The molecule has 1 heterocycles. The van der Waals surface area contributed by atoms with Gasteiger partial charge in [-0.1, -0.05) is 117 Å². The van der Waals surface area contributed by atoms with Crippen LogP contribution in [0.25, 0.3) is 38.6 Å². The monoisotopic (exact) mass is 594 g/mol. The molecule has 0 atom stereocenters. The van der Waals surface area contributed by atoms with Gasteiger partial charge in [0.15, 0.2) is 5.84 Å². The van der Waals surface area contributed by atoms with Crippen molar-refractivity contribution in [2.75, 3.05) is 0 Å². The van der Waals surface area contributed by atoms with Crippen LogP contribution in [0.1, 0.15) is 41.7 Å². The number of hydrogen-bond donors (Lipinski definition) is 1. The van der Waals surface area contributed by atoms with Crippen molar-refractivity contribution in [3.8, 4) is 16.8 Å². The highest BCUT2D eigenvalue weighted by molar-refractivity contribution is 6.12. The zero-order valence-electron chi connectivity index (χ0n) is 26.0. The first-order valence-electron chi connectivity index (χ1n) is 15.8.